The molecule has 1 atom stereocenters. The number of hydrogen-bond donors (Lipinski definition) is 2. The van der Waals surface area contributed by atoms with Crippen molar-refractivity contribution in [2.24, 2.45) is 0 Å². The lowest BCUT2D eigenvalue weighted by Crippen LogP contribution is -2.18. The van der Waals surface area contributed by atoms with Crippen molar-refractivity contribution in [3.63, 3.8) is 0 Å². The van der Waals surface area contributed by atoms with Crippen molar-refractivity contribution in [3.8, 4) is 5.75 Å². The smallest absolute Gasteiger partial charge is 0.165 e. The van der Waals surface area contributed by atoms with Crippen LogP contribution in [0.25, 0.3) is 0 Å². The summed E-state index contributed by atoms with van der Waals surface area (Å²) in [5.74, 6) is -1.28. The lowest BCUT2D eigenvalue weighted by atomic mass is 10.1. The number of hydrogen-bond acceptors (Lipinski definition) is 2. The second-order valence-electron chi connectivity index (χ2n) is 4.44. The van der Waals surface area contributed by atoms with Crippen LogP contribution in [0.1, 0.15) is 24.1 Å². The minimum Gasteiger partial charge on any atom is -0.505 e. The average Bonchev–Trinajstić information content (AvgIpc) is 2.40. The third-order valence-electron chi connectivity index (χ3n) is 2.97. The number of phenolic OH excluding ortho intramolecular Hbond substituents is 1. The van der Waals surface area contributed by atoms with E-state index in [4.69, 9.17) is 5.11 Å². The van der Waals surface area contributed by atoms with Gasteiger partial charge in [-0.2, -0.15) is 0 Å². The zero-order chi connectivity index (χ0) is 13.8. The Balaban J connectivity index is 2.00. The van der Waals surface area contributed by atoms with Gasteiger partial charge in [0.05, 0.1) is 0 Å². The molecule has 2 nitrogen and oxygen atoms in total. The summed E-state index contributed by atoms with van der Waals surface area (Å²) in [6.07, 6.45) is 0. The van der Waals surface area contributed by atoms with Crippen LogP contribution in [-0.2, 0) is 6.54 Å². The van der Waals surface area contributed by atoms with Gasteiger partial charge in [-0.3, -0.25) is 0 Å². The summed E-state index contributed by atoms with van der Waals surface area (Å²) in [4.78, 5) is 0. The van der Waals surface area contributed by atoms with Gasteiger partial charge >= 0.3 is 0 Å². The third kappa shape index (κ3) is 3.51. The molecule has 2 aromatic rings. The van der Waals surface area contributed by atoms with Crippen LogP contribution in [0, 0.1) is 11.6 Å². The molecule has 0 aliphatic heterocycles. The molecule has 2 aromatic carbocycles. The first kappa shape index (κ1) is 13.5. The van der Waals surface area contributed by atoms with E-state index in [9.17, 15) is 8.78 Å². The summed E-state index contributed by atoms with van der Waals surface area (Å²) < 4.78 is 26.2. The Labute approximate surface area is 110 Å². The minimum atomic E-state index is -0.641. The van der Waals surface area contributed by atoms with Crippen LogP contribution in [0.2, 0.25) is 0 Å². The molecule has 0 saturated carbocycles. The second-order valence-corrected chi connectivity index (χ2v) is 4.44. The van der Waals surface area contributed by atoms with E-state index in [0.29, 0.717) is 6.54 Å². The van der Waals surface area contributed by atoms with Gasteiger partial charge in [0.1, 0.15) is 5.82 Å². The van der Waals surface area contributed by atoms with Gasteiger partial charge in [-0.05, 0) is 42.3 Å². The molecule has 0 heterocycles. The molecule has 0 aromatic heterocycles. The Morgan fingerprint density at radius 3 is 2.63 bits per heavy atom. The molecular formula is C15H15F2NO. The van der Waals surface area contributed by atoms with Gasteiger partial charge in [0, 0.05) is 12.6 Å². The Morgan fingerprint density at radius 2 is 1.95 bits per heavy atom. The van der Waals surface area contributed by atoms with Crippen LogP contribution < -0.4 is 5.32 Å². The standard InChI is InChI=1S/C15H15F2NO/c1-10(12-3-2-4-13(16)8-12)18-9-11-5-6-15(19)14(17)7-11/h2-8,10,18-19H,9H2,1H3/t10-/m0/s1. The molecule has 2 N–H and O–H groups in total. The van der Waals surface area contributed by atoms with Gasteiger partial charge < -0.3 is 10.4 Å². The fraction of sp³-hybridized carbons (Fsp3) is 0.200. The maximum absolute atomic E-state index is 13.2. The van der Waals surface area contributed by atoms with E-state index in [-0.39, 0.29) is 17.6 Å². The summed E-state index contributed by atoms with van der Waals surface area (Å²) in [7, 11) is 0. The average molecular weight is 263 g/mol. The highest BCUT2D eigenvalue weighted by Crippen LogP contribution is 2.18. The first-order chi connectivity index (χ1) is 9.06. The molecule has 0 bridgehead atoms. The lowest BCUT2D eigenvalue weighted by molar-refractivity contribution is 0.431. The highest BCUT2D eigenvalue weighted by Gasteiger charge is 2.07. The zero-order valence-electron chi connectivity index (χ0n) is 10.5. The van der Waals surface area contributed by atoms with E-state index in [0.717, 1.165) is 11.1 Å². The number of phenols is 1. The molecule has 0 unspecified atom stereocenters. The van der Waals surface area contributed by atoms with Crippen molar-refractivity contribution >= 4 is 0 Å². The summed E-state index contributed by atoms with van der Waals surface area (Å²) in [6.45, 7) is 2.35. The number of benzene rings is 2. The predicted octanol–water partition coefficient (Wildman–Crippen LogP) is 3.52. The minimum absolute atomic E-state index is 0.0486. The summed E-state index contributed by atoms with van der Waals surface area (Å²) >= 11 is 0. The predicted molar refractivity (Wildman–Crippen MR) is 69.7 cm³/mol. The summed E-state index contributed by atoms with van der Waals surface area (Å²) in [5.41, 5.74) is 1.55. The van der Waals surface area contributed by atoms with Crippen molar-refractivity contribution in [3.05, 3.63) is 65.2 Å². The van der Waals surface area contributed by atoms with E-state index >= 15 is 0 Å². The quantitative estimate of drug-likeness (QED) is 0.884. The van der Waals surface area contributed by atoms with Gasteiger partial charge in [-0.25, -0.2) is 8.78 Å². The molecule has 4 heteroatoms. The van der Waals surface area contributed by atoms with Crippen LogP contribution in [0.5, 0.6) is 5.75 Å². The van der Waals surface area contributed by atoms with Crippen LogP contribution >= 0.6 is 0 Å². The van der Waals surface area contributed by atoms with Gasteiger partial charge in [0.2, 0.25) is 0 Å². The SMILES string of the molecule is C[C@H](NCc1ccc(O)c(F)c1)c1cccc(F)c1. The third-order valence-corrected chi connectivity index (χ3v) is 2.97. The highest BCUT2D eigenvalue weighted by molar-refractivity contribution is 5.28. The van der Waals surface area contributed by atoms with Crippen LogP contribution in [-0.4, -0.2) is 5.11 Å². The Hall–Kier alpha value is -1.94. The molecule has 0 amide bonds. The Morgan fingerprint density at radius 1 is 1.16 bits per heavy atom. The van der Waals surface area contributed by atoms with E-state index in [1.165, 1.54) is 24.3 Å². The number of nitrogens with one attached hydrogen (secondary N) is 1. The Kier molecular flexibility index (Phi) is 4.12. The van der Waals surface area contributed by atoms with Gasteiger partial charge in [-0.1, -0.05) is 18.2 Å². The van der Waals surface area contributed by atoms with Gasteiger partial charge in [0.15, 0.2) is 11.6 Å². The van der Waals surface area contributed by atoms with Crippen molar-refractivity contribution < 1.29 is 13.9 Å². The fourth-order valence-corrected chi connectivity index (χ4v) is 1.83. The first-order valence-corrected chi connectivity index (χ1v) is 6.02. The van der Waals surface area contributed by atoms with Crippen LogP contribution in [0.3, 0.4) is 0 Å². The lowest BCUT2D eigenvalue weighted by Gasteiger charge is -2.14. The van der Waals surface area contributed by atoms with E-state index < -0.39 is 5.82 Å². The maximum atomic E-state index is 13.2. The van der Waals surface area contributed by atoms with Crippen molar-refractivity contribution in [1.82, 2.24) is 5.32 Å². The monoisotopic (exact) mass is 263 g/mol. The van der Waals surface area contributed by atoms with Gasteiger partial charge in [-0.15, -0.1) is 0 Å². The topological polar surface area (TPSA) is 32.3 Å². The van der Waals surface area contributed by atoms with Crippen molar-refractivity contribution in [2.75, 3.05) is 0 Å². The van der Waals surface area contributed by atoms with Crippen molar-refractivity contribution in [2.45, 2.75) is 19.5 Å². The van der Waals surface area contributed by atoms with Gasteiger partial charge in [0.25, 0.3) is 0 Å². The largest absolute Gasteiger partial charge is 0.505 e. The van der Waals surface area contributed by atoms with E-state index in [1.807, 2.05) is 13.0 Å². The maximum Gasteiger partial charge on any atom is 0.165 e. The molecule has 0 fully saturated rings. The first-order valence-electron chi connectivity index (χ1n) is 6.02. The van der Waals surface area contributed by atoms with Crippen LogP contribution in [0.15, 0.2) is 42.5 Å². The van der Waals surface area contributed by atoms with Crippen molar-refractivity contribution in [1.29, 1.82) is 0 Å². The fourth-order valence-electron chi connectivity index (χ4n) is 1.83. The number of halogens is 2. The molecule has 19 heavy (non-hydrogen) atoms. The molecular weight excluding hydrogens is 248 g/mol. The number of aromatic hydroxyl groups is 1. The normalized spacial score (nSPS) is 12.4. The van der Waals surface area contributed by atoms with E-state index in [2.05, 4.69) is 5.32 Å². The molecule has 0 spiro atoms. The summed E-state index contributed by atoms with van der Waals surface area (Å²) in [6, 6.07) is 10.5. The van der Waals surface area contributed by atoms with E-state index in [1.54, 1.807) is 12.1 Å². The summed E-state index contributed by atoms with van der Waals surface area (Å²) in [5, 5.41) is 12.3. The Bertz CT molecular complexity index is 572. The molecule has 0 aliphatic carbocycles. The molecule has 100 valence electrons. The molecule has 2 rings (SSSR count). The molecule has 0 radical (unpaired) electrons. The van der Waals surface area contributed by atoms with Crippen LogP contribution in [0.4, 0.5) is 8.78 Å². The number of rotatable bonds is 4. The molecule has 0 aliphatic rings. The highest BCUT2D eigenvalue weighted by atomic mass is 19.1. The second kappa shape index (κ2) is 5.80. The zero-order valence-corrected chi connectivity index (χ0v) is 10.5. The molecule has 0 saturated heterocycles.